The number of amides is 1. The molecule has 1 atom stereocenters. The SMILES string of the molecule is CC(C)CC(NCC1CCN(C(=O)c2cc(C(C)C)c(O)cc2O)CC1)C(=O)OC1CCCC1. The number of carbonyl (C=O) groups excluding carboxylic acids is 2. The van der Waals surface area contributed by atoms with E-state index < -0.39 is 0 Å². The molecule has 0 aromatic heterocycles. The van der Waals surface area contributed by atoms with Crippen LogP contribution in [0.3, 0.4) is 0 Å². The number of rotatable bonds is 9. The lowest BCUT2D eigenvalue weighted by Gasteiger charge is -2.33. The lowest BCUT2D eigenvalue weighted by Crippen LogP contribution is -2.45. The molecule has 1 amide bonds. The summed E-state index contributed by atoms with van der Waals surface area (Å²) in [4.78, 5) is 27.6. The van der Waals surface area contributed by atoms with Crippen LogP contribution in [-0.2, 0) is 9.53 Å². The highest BCUT2D eigenvalue weighted by Crippen LogP contribution is 2.33. The molecule has 3 N–H and O–H groups in total. The molecular formula is C27H42N2O5. The average Bonchev–Trinajstić information content (AvgIpc) is 3.29. The van der Waals surface area contributed by atoms with Crippen LogP contribution in [0.2, 0.25) is 0 Å². The minimum atomic E-state index is -0.288. The van der Waals surface area contributed by atoms with E-state index in [0.29, 0.717) is 30.5 Å². The van der Waals surface area contributed by atoms with Crippen LogP contribution in [0.4, 0.5) is 0 Å². The number of nitrogens with zero attached hydrogens (tertiary/aromatic N) is 1. The topological polar surface area (TPSA) is 99.1 Å². The van der Waals surface area contributed by atoms with Crippen LogP contribution >= 0.6 is 0 Å². The Bertz CT molecular complexity index is 840. The van der Waals surface area contributed by atoms with Gasteiger partial charge in [-0.2, -0.15) is 0 Å². The Morgan fingerprint density at radius 3 is 2.26 bits per heavy atom. The Kier molecular flexibility index (Phi) is 9.23. The maximum atomic E-state index is 13.1. The van der Waals surface area contributed by atoms with Gasteiger partial charge >= 0.3 is 5.97 Å². The van der Waals surface area contributed by atoms with Gasteiger partial charge in [0, 0.05) is 19.2 Å². The first-order valence-electron chi connectivity index (χ1n) is 12.9. The van der Waals surface area contributed by atoms with Crippen molar-refractivity contribution < 1.29 is 24.5 Å². The van der Waals surface area contributed by atoms with E-state index in [1.165, 1.54) is 6.07 Å². The second-order valence-electron chi connectivity index (χ2n) is 10.8. The predicted octanol–water partition coefficient (Wildman–Crippen LogP) is 4.56. The summed E-state index contributed by atoms with van der Waals surface area (Å²) in [6, 6.07) is 2.58. The van der Waals surface area contributed by atoms with E-state index >= 15 is 0 Å². The predicted molar refractivity (Wildman–Crippen MR) is 132 cm³/mol. The van der Waals surface area contributed by atoms with Crippen LogP contribution in [0.1, 0.15) is 94.5 Å². The van der Waals surface area contributed by atoms with Crippen LogP contribution in [0, 0.1) is 11.8 Å². The van der Waals surface area contributed by atoms with Crippen molar-refractivity contribution in [3.05, 3.63) is 23.3 Å². The first-order valence-corrected chi connectivity index (χ1v) is 12.9. The highest BCUT2D eigenvalue weighted by molar-refractivity contribution is 5.97. The smallest absolute Gasteiger partial charge is 0.323 e. The number of phenols is 2. The van der Waals surface area contributed by atoms with Gasteiger partial charge < -0.3 is 25.2 Å². The third kappa shape index (κ3) is 6.87. The summed E-state index contributed by atoms with van der Waals surface area (Å²) in [5.74, 6) is 0.299. The number of benzene rings is 1. The fraction of sp³-hybridized carbons (Fsp3) is 0.704. The largest absolute Gasteiger partial charge is 0.508 e. The lowest BCUT2D eigenvalue weighted by molar-refractivity contribution is -0.151. The molecule has 1 aliphatic heterocycles. The number of phenolic OH excluding ortho intramolecular Hbond substituents is 2. The van der Waals surface area contributed by atoms with E-state index in [1.807, 2.05) is 13.8 Å². The minimum absolute atomic E-state index is 0.0104. The summed E-state index contributed by atoms with van der Waals surface area (Å²) in [6.45, 7) is 10.0. The molecule has 1 saturated carbocycles. The molecule has 34 heavy (non-hydrogen) atoms. The van der Waals surface area contributed by atoms with Crippen molar-refractivity contribution in [2.45, 2.75) is 90.7 Å². The molecule has 2 fully saturated rings. The monoisotopic (exact) mass is 474 g/mol. The Morgan fingerprint density at radius 2 is 1.68 bits per heavy atom. The first-order chi connectivity index (χ1) is 16.2. The summed E-state index contributed by atoms with van der Waals surface area (Å²) in [5, 5.41) is 23.8. The van der Waals surface area contributed by atoms with Gasteiger partial charge in [0.1, 0.15) is 23.6 Å². The molecule has 0 bridgehead atoms. The number of hydrogen-bond acceptors (Lipinski definition) is 6. The number of nitrogens with one attached hydrogen (secondary N) is 1. The maximum Gasteiger partial charge on any atom is 0.323 e. The summed E-state index contributed by atoms with van der Waals surface area (Å²) < 4.78 is 5.76. The lowest BCUT2D eigenvalue weighted by atomic mass is 9.94. The van der Waals surface area contributed by atoms with E-state index in [2.05, 4.69) is 19.2 Å². The van der Waals surface area contributed by atoms with Crippen LogP contribution < -0.4 is 5.32 Å². The van der Waals surface area contributed by atoms with Gasteiger partial charge in [-0.3, -0.25) is 9.59 Å². The van der Waals surface area contributed by atoms with Gasteiger partial charge in [-0.1, -0.05) is 27.7 Å². The Labute approximate surface area is 203 Å². The average molecular weight is 475 g/mol. The van der Waals surface area contributed by atoms with Gasteiger partial charge in [-0.25, -0.2) is 0 Å². The highest BCUT2D eigenvalue weighted by Gasteiger charge is 2.29. The van der Waals surface area contributed by atoms with E-state index in [4.69, 9.17) is 4.74 Å². The zero-order valence-electron chi connectivity index (χ0n) is 21.2. The fourth-order valence-corrected chi connectivity index (χ4v) is 5.03. The number of ether oxygens (including phenoxy) is 1. The van der Waals surface area contributed by atoms with Crippen molar-refractivity contribution in [2.24, 2.45) is 11.8 Å². The number of likely N-dealkylation sites (tertiary alicyclic amines) is 1. The standard InChI is InChI=1S/C27H42N2O5/c1-17(2)13-23(27(33)34-20-7-5-6-8-20)28-16-19-9-11-29(12-10-19)26(32)22-14-21(18(3)4)24(30)15-25(22)31/h14-15,17-20,23,28,30-31H,5-13,16H2,1-4H3. The molecule has 0 radical (unpaired) electrons. The molecule has 2 aliphatic rings. The Hall–Kier alpha value is -2.28. The van der Waals surface area contributed by atoms with E-state index in [1.54, 1.807) is 11.0 Å². The zero-order valence-corrected chi connectivity index (χ0v) is 21.2. The molecule has 1 heterocycles. The first kappa shape index (κ1) is 26.3. The quantitative estimate of drug-likeness (QED) is 0.454. The highest BCUT2D eigenvalue weighted by atomic mass is 16.5. The van der Waals surface area contributed by atoms with Crippen LogP contribution in [0.5, 0.6) is 11.5 Å². The molecule has 7 nitrogen and oxygen atoms in total. The van der Waals surface area contributed by atoms with E-state index in [0.717, 1.165) is 51.5 Å². The number of esters is 1. The van der Waals surface area contributed by atoms with Crippen LogP contribution in [-0.4, -0.2) is 58.8 Å². The summed E-state index contributed by atoms with van der Waals surface area (Å²) in [6.07, 6.45) is 6.72. The van der Waals surface area contributed by atoms with Crippen molar-refractivity contribution in [3.8, 4) is 11.5 Å². The summed E-state index contributed by atoms with van der Waals surface area (Å²) in [5.41, 5.74) is 0.894. The van der Waals surface area contributed by atoms with Gasteiger partial charge in [-0.15, -0.1) is 0 Å². The Balaban J connectivity index is 1.53. The normalized spacial score (nSPS) is 18.6. The van der Waals surface area contributed by atoms with Gasteiger partial charge in [0.15, 0.2) is 0 Å². The van der Waals surface area contributed by atoms with Crippen LogP contribution in [0.15, 0.2) is 12.1 Å². The summed E-state index contributed by atoms with van der Waals surface area (Å²) >= 11 is 0. The third-order valence-corrected chi connectivity index (χ3v) is 7.13. The molecule has 1 aromatic carbocycles. The Morgan fingerprint density at radius 1 is 1.03 bits per heavy atom. The zero-order chi connectivity index (χ0) is 24.8. The van der Waals surface area contributed by atoms with E-state index in [9.17, 15) is 19.8 Å². The molecule has 7 heteroatoms. The second kappa shape index (κ2) is 11.9. The van der Waals surface area contributed by atoms with Crippen molar-refractivity contribution in [3.63, 3.8) is 0 Å². The molecular weight excluding hydrogens is 432 g/mol. The molecule has 190 valence electrons. The fourth-order valence-electron chi connectivity index (χ4n) is 5.03. The van der Waals surface area contributed by atoms with Gasteiger partial charge in [0.25, 0.3) is 5.91 Å². The molecule has 1 aromatic rings. The number of carbonyl (C=O) groups is 2. The van der Waals surface area contributed by atoms with Crippen LogP contribution in [0.25, 0.3) is 0 Å². The molecule has 1 aliphatic carbocycles. The van der Waals surface area contributed by atoms with Gasteiger partial charge in [-0.05, 0) is 80.9 Å². The summed E-state index contributed by atoms with van der Waals surface area (Å²) in [7, 11) is 0. The van der Waals surface area contributed by atoms with Crippen molar-refractivity contribution in [1.82, 2.24) is 10.2 Å². The minimum Gasteiger partial charge on any atom is -0.508 e. The second-order valence-corrected chi connectivity index (χ2v) is 10.8. The number of piperidine rings is 1. The molecule has 3 rings (SSSR count). The van der Waals surface area contributed by atoms with E-state index in [-0.39, 0.29) is 47.0 Å². The van der Waals surface area contributed by atoms with Gasteiger partial charge in [0.05, 0.1) is 5.56 Å². The molecule has 1 unspecified atom stereocenters. The van der Waals surface area contributed by atoms with Crippen molar-refractivity contribution >= 4 is 11.9 Å². The third-order valence-electron chi connectivity index (χ3n) is 7.13. The van der Waals surface area contributed by atoms with Crippen molar-refractivity contribution in [1.29, 1.82) is 0 Å². The number of hydrogen-bond donors (Lipinski definition) is 3. The maximum absolute atomic E-state index is 13.1. The van der Waals surface area contributed by atoms with Crippen molar-refractivity contribution in [2.75, 3.05) is 19.6 Å². The number of aromatic hydroxyl groups is 2. The van der Waals surface area contributed by atoms with Gasteiger partial charge in [0.2, 0.25) is 0 Å². The molecule has 0 spiro atoms. The molecule has 1 saturated heterocycles.